The first kappa shape index (κ1) is 12.8. The molecule has 0 bridgehead atoms. The van der Waals surface area contributed by atoms with Crippen molar-refractivity contribution in [3.05, 3.63) is 47.5 Å². The van der Waals surface area contributed by atoms with Gasteiger partial charge in [0, 0.05) is 24.6 Å². The summed E-state index contributed by atoms with van der Waals surface area (Å²) in [5.41, 5.74) is 3.47. The van der Waals surface area contributed by atoms with Crippen molar-refractivity contribution in [1.29, 1.82) is 0 Å². The van der Waals surface area contributed by atoms with Gasteiger partial charge in [-0.05, 0) is 44.2 Å². The maximum atomic E-state index is 4.35. The number of hydrogen-bond donors (Lipinski definition) is 1. The van der Waals surface area contributed by atoms with E-state index in [-0.39, 0.29) is 6.04 Å². The Morgan fingerprint density at radius 2 is 2.11 bits per heavy atom. The van der Waals surface area contributed by atoms with Crippen molar-refractivity contribution in [2.75, 3.05) is 6.54 Å². The summed E-state index contributed by atoms with van der Waals surface area (Å²) < 4.78 is 2.03. The summed E-state index contributed by atoms with van der Waals surface area (Å²) >= 11 is 0. The van der Waals surface area contributed by atoms with Crippen molar-refractivity contribution in [2.45, 2.75) is 33.4 Å². The maximum Gasteiger partial charge on any atom is 0.0749 e. The van der Waals surface area contributed by atoms with Gasteiger partial charge in [-0.2, -0.15) is 5.10 Å². The van der Waals surface area contributed by atoms with Gasteiger partial charge in [-0.15, -0.1) is 0 Å². The first-order valence-corrected chi connectivity index (χ1v) is 6.43. The molecule has 0 aliphatic rings. The number of nitrogens with zero attached hydrogens (tertiary/aromatic N) is 3. The van der Waals surface area contributed by atoms with Gasteiger partial charge in [0.15, 0.2) is 0 Å². The molecular weight excluding hydrogens is 224 g/mol. The van der Waals surface area contributed by atoms with Gasteiger partial charge in [0.2, 0.25) is 0 Å². The van der Waals surface area contributed by atoms with Crippen molar-refractivity contribution < 1.29 is 0 Å². The van der Waals surface area contributed by atoms with Crippen LogP contribution in [0.1, 0.15) is 36.8 Å². The SMILES string of the molecule is CCNC(c1ccnc(C)c1)c1ccnn1CC. The first-order valence-electron chi connectivity index (χ1n) is 6.43. The molecule has 0 aromatic carbocycles. The van der Waals surface area contributed by atoms with E-state index in [1.54, 1.807) is 0 Å². The van der Waals surface area contributed by atoms with Crippen molar-refractivity contribution >= 4 is 0 Å². The second-order valence-electron chi connectivity index (χ2n) is 4.29. The second kappa shape index (κ2) is 5.78. The molecule has 4 heteroatoms. The minimum atomic E-state index is 0.180. The van der Waals surface area contributed by atoms with Crippen LogP contribution in [0.5, 0.6) is 0 Å². The van der Waals surface area contributed by atoms with Crippen LogP contribution in [0.15, 0.2) is 30.6 Å². The summed E-state index contributed by atoms with van der Waals surface area (Å²) in [6.45, 7) is 8.05. The zero-order chi connectivity index (χ0) is 13.0. The zero-order valence-corrected chi connectivity index (χ0v) is 11.2. The highest BCUT2D eigenvalue weighted by atomic mass is 15.3. The van der Waals surface area contributed by atoms with Crippen LogP contribution in [0.2, 0.25) is 0 Å². The number of rotatable bonds is 5. The molecular formula is C14H20N4. The molecule has 96 valence electrons. The molecule has 0 saturated heterocycles. The molecule has 0 amide bonds. The number of aromatic nitrogens is 3. The van der Waals surface area contributed by atoms with E-state index in [1.165, 1.54) is 11.3 Å². The van der Waals surface area contributed by atoms with Crippen LogP contribution in [0.4, 0.5) is 0 Å². The number of pyridine rings is 1. The lowest BCUT2D eigenvalue weighted by Gasteiger charge is -2.19. The van der Waals surface area contributed by atoms with Gasteiger partial charge in [0.05, 0.1) is 11.7 Å². The Hall–Kier alpha value is -1.68. The average molecular weight is 244 g/mol. The van der Waals surface area contributed by atoms with Crippen molar-refractivity contribution in [3.63, 3.8) is 0 Å². The Morgan fingerprint density at radius 3 is 2.78 bits per heavy atom. The molecule has 1 N–H and O–H groups in total. The molecule has 2 aromatic heterocycles. The smallest absolute Gasteiger partial charge is 0.0749 e. The van der Waals surface area contributed by atoms with Crippen LogP contribution in [0.25, 0.3) is 0 Å². The zero-order valence-electron chi connectivity index (χ0n) is 11.2. The van der Waals surface area contributed by atoms with Crippen molar-refractivity contribution in [1.82, 2.24) is 20.1 Å². The van der Waals surface area contributed by atoms with Crippen LogP contribution in [0, 0.1) is 6.92 Å². The second-order valence-corrected chi connectivity index (χ2v) is 4.29. The molecule has 0 aliphatic carbocycles. The summed E-state index contributed by atoms with van der Waals surface area (Å²) in [6.07, 6.45) is 3.72. The standard InChI is InChI=1S/C14H20N4/c1-4-15-14(12-6-8-16-11(3)10-12)13-7-9-17-18(13)5-2/h6-10,14-15H,4-5H2,1-3H3. The summed E-state index contributed by atoms with van der Waals surface area (Å²) in [5, 5.41) is 7.86. The lowest BCUT2D eigenvalue weighted by atomic mass is 10.0. The van der Waals surface area contributed by atoms with E-state index in [4.69, 9.17) is 0 Å². The molecule has 1 atom stereocenters. The Labute approximate surface area is 108 Å². The summed E-state index contributed by atoms with van der Waals surface area (Å²) in [5.74, 6) is 0. The summed E-state index contributed by atoms with van der Waals surface area (Å²) in [6, 6.07) is 6.44. The van der Waals surface area contributed by atoms with E-state index in [2.05, 4.69) is 47.4 Å². The topological polar surface area (TPSA) is 42.7 Å². The Bertz CT molecular complexity index is 504. The summed E-state index contributed by atoms with van der Waals surface area (Å²) in [7, 11) is 0. The Morgan fingerprint density at radius 1 is 1.28 bits per heavy atom. The third kappa shape index (κ3) is 2.59. The maximum absolute atomic E-state index is 4.35. The minimum Gasteiger partial charge on any atom is -0.305 e. The van der Waals surface area contributed by atoms with Gasteiger partial charge < -0.3 is 5.32 Å². The fraction of sp³-hybridized carbons (Fsp3) is 0.429. The molecule has 0 spiro atoms. The fourth-order valence-corrected chi connectivity index (χ4v) is 2.20. The third-order valence-corrected chi connectivity index (χ3v) is 3.01. The van der Waals surface area contributed by atoms with Gasteiger partial charge in [-0.1, -0.05) is 6.92 Å². The van der Waals surface area contributed by atoms with Crippen LogP contribution in [-0.4, -0.2) is 21.3 Å². The Kier molecular flexibility index (Phi) is 4.10. The fourth-order valence-electron chi connectivity index (χ4n) is 2.20. The molecule has 2 rings (SSSR count). The molecule has 0 aliphatic heterocycles. The van der Waals surface area contributed by atoms with Crippen LogP contribution < -0.4 is 5.32 Å². The minimum absolute atomic E-state index is 0.180. The van der Waals surface area contributed by atoms with E-state index >= 15 is 0 Å². The highest BCUT2D eigenvalue weighted by Crippen LogP contribution is 2.21. The molecule has 4 nitrogen and oxygen atoms in total. The van der Waals surface area contributed by atoms with Gasteiger partial charge in [0.25, 0.3) is 0 Å². The number of hydrogen-bond acceptors (Lipinski definition) is 3. The van der Waals surface area contributed by atoms with Crippen LogP contribution >= 0.6 is 0 Å². The normalized spacial score (nSPS) is 12.6. The van der Waals surface area contributed by atoms with E-state index in [1.807, 2.05) is 24.0 Å². The lowest BCUT2D eigenvalue weighted by molar-refractivity contribution is 0.542. The van der Waals surface area contributed by atoms with E-state index in [0.717, 1.165) is 18.8 Å². The van der Waals surface area contributed by atoms with Crippen LogP contribution in [0.3, 0.4) is 0 Å². The van der Waals surface area contributed by atoms with E-state index < -0.39 is 0 Å². The largest absolute Gasteiger partial charge is 0.305 e. The summed E-state index contributed by atoms with van der Waals surface area (Å²) in [4.78, 5) is 4.26. The molecule has 18 heavy (non-hydrogen) atoms. The third-order valence-electron chi connectivity index (χ3n) is 3.01. The Balaban J connectivity index is 2.39. The molecule has 1 unspecified atom stereocenters. The molecule has 2 aromatic rings. The van der Waals surface area contributed by atoms with Crippen LogP contribution in [-0.2, 0) is 6.54 Å². The van der Waals surface area contributed by atoms with Gasteiger partial charge in [0.1, 0.15) is 0 Å². The predicted molar refractivity (Wildman–Crippen MR) is 72.4 cm³/mol. The van der Waals surface area contributed by atoms with E-state index in [0.29, 0.717) is 0 Å². The lowest BCUT2D eigenvalue weighted by Crippen LogP contribution is -2.25. The first-order chi connectivity index (χ1) is 8.76. The van der Waals surface area contributed by atoms with Gasteiger partial charge in [-0.3, -0.25) is 9.67 Å². The molecule has 2 heterocycles. The van der Waals surface area contributed by atoms with E-state index in [9.17, 15) is 0 Å². The van der Waals surface area contributed by atoms with Crippen molar-refractivity contribution in [3.8, 4) is 0 Å². The molecule has 0 radical (unpaired) electrons. The molecule has 0 fully saturated rings. The number of aryl methyl sites for hydroxylation is 2. The van der Waals surface area contributed by atoms with Gasteiger partial charge >= 0.3 is 0 Å². The number of nitrogens with one attached hydrogen (secondary N) is 1. The quantitative estimate of drug-likeness (QED) is 0.877. The monoisotopic (exact) mass is 244 g/mol. The highest BCUT2D eigenvalue weighted by molar-refractivity contribution is 5.27. The highest BCUT2D eigenvalue weighted by Gasteiger charge is 2.16. The molecule has 0 saturated carbocycles. The average Bonchev–Trinajstić information content (AvgIpc) is 2.84. The van der Waals surface area contributed by atoms with Gasteiger partial charge in [-0.25, -0.2) is 0 Å². The predicted octanol–water partition coefficient (Wildman–Crippen LogP) is 2.31. The van der Waals surface area contributed by atoms with Crippen molar-refractivity contribution in [2.24, 2.45) is 0 Å².